The minimum atomic E-state index is -7.26. The van der Waals surface area contributed by atoms with Crippen LogP contribution in [0.2, 0.25) is 0 Å². The van der Waals surface area contributed by atoms with E-state index in [9.17, 15) is 32.9 Å². The van der Waals surface area contributed by atoms with Crippen LogP contribution in [-0.2, 0) is 4.12 Å². The molecular weight excluding hydrogens is 1020 g/mol. The van der Waals surface area contributed by atoms with E-state index in [0.29, 0.717) is 16.7 Å². The number of benzene rings is 12. The van der Waals surface area contributed by atoms with Crippen LogP contribution >= 0.6 is 0 Å². The molecule has 0 saturated carbocycles. The molecule has 12 aromatic carbocycles. The van der Waals surface area contributed by atoms with E-state index in [-0.39, 0.29) is 5.56 Å². The molecular formula is C73H55N3OSi3. The Morgan fingerprint density at radius 1 is 0.325 bits per heavy atom. The van der Waals surface area contributed by atoms with Crippen molar-refractivity contribution in [3.8, 4) is 16.8 Å². The third-order valence-electron chi connectivity index (χ3n) is 14.2. The van der Waals surface area contributed by atoms with E-state index in [0.717, 1.165) is 37.6 Å². The summed E-state index contributed by atoms with van der Waals surface area (Å²) in [7, 11) is -18.4. The summed E-state index contributed by atoms with van der Waals surface area (Å²) in [6.45, 7) is 0. The zero-order valence-electron chi connectivity index (χ0n) is 70.8. The lowest BCUT2D eigenvalue weighted by Crippen LogP contribution is -2.81. The van der Waals surface area contributed by atoms with Gasteiger partial charge in [-0.1, -0.05) is 297 Å². The Bertz CT molecular complexity index is 5840. The first-order valence-electron chi connectivity index (χ1n) is 39.6. The Labute approximate surface area is 510 Å². The maximum atomic E-state index is 11.1. The SMILES string of the molecule is [2H]c1c([2H])c([2H])c([Si](O[Si](c2c([2H])c([2H])c([2H])c([2H])c2[2H])(c2c([2H])c([2H])c([2H])c([2H])c2[2H])c2c([2H])c([2H])c([2H])c(-c3cccc([Si](c4ccccc4)(c4ccccc4)c4cccc(-n5c6ccccc6n6c7ccccc7nc56)c4)c3)c2[2H])(c2c([2H])c([2H])c([2H])c([2H])c2[2H])c2c([2H])c([2H])c([2H])c([2H])c2[2H])c([2H])c1[2H]. The summed E-state index contributed by atoms with van der Waals surface area (Å²) in [6, 6.07) is 10.1. The van der Waals surface area contributed by atoms with Crippen molar-refractivity contribution in [1.29, 1.82) is 0 Å². The molecule has 2 heterocycles. The summed E-state index contributed by atoms with van der Waals surface area (Å²) in [6.07, 6.45) is 0. The van der Waals surface area contributed by atoms with Gasteiger partial charge in [-0.15, -0.1) is 0 Å². The van der Waals surface area contributed by atoms with Gasteiger partial charge in [-0.25, -0.2) is 4.98 Å². The Hall–Kier alpha value is -9.48. The van der Waals surface area contributed by atoms with Crippen LogP contribution in [-0.4, -0.2) is 38.7 Å². The van der Waals surface area contributed by atoms with Crippen LogP contribution in [0.4, 0.5) is 0 Å². The van der Waals surface area contributed by atoms with Crippen molar-refractivity contribution in [3.05, 3.63) is 333 Å². The first kappa shape index (κ1) is 26.9. The van der Waals surface area contributed by atoms with Crippen molar-refractivity contribution < 1.29 is 43.9 Å². The van der Waals surface area contributed by atoms with E-state index < -0.39 is 237 Å². The van der Waals surface area contributed by atoms with Crippen molar-refractivity contribution in [2.24, 2.45) is 0 Å². The van der Waals surface area contributed by atoms with Gasteiger partial charge >= 0.3 is 0 Å². The highest BCUT2D eigenvalue weighted by atomic mass is 28.4. The van der Waals surface area contributed by atoms with Gasteiger partial charge in [0.15, 0.2) is 8.07 Å². The smallest absolute Gasteiger partial charge is 0.278 e. The molecule has 0 unspecified atom stereocenters. The lowest BCUT2D eigenvalue weighted by atomic mass is 10.1. The summed E-state index contributed by atoms with van der Waals surface area (Å²) in [4.78, 5) is 5.15. The predicted molar refractivity (Wildman–Crippen MR) is 341 cm³/mol. The molecule has 14 rings (SSSR count). The second kappa shape index (κ2) is 20.7. The van der Waals surface area contributed by atoms with Gasteiger partial charge in [-0.05, 0) is 99.4 Å². The number of fused-ring (bicyclic) bond motifs is 5. The van der Waals surface area contributed by atoms with Crippen molar-refractivity contribution in [2.45, 2.75) is 0 Å². The van der Waals surface area contributed by atoms with Crippen molar-refractivity contribution >= 4 is 104 Å². The topological polar surface area (TPSA) is 31.5 Å². The van der Waals surface area contributed by atoms with Crippen molar-refractivity contribution in [2.75, 3.05) is 0 Å². The Kier molecular flexibility index (Phi) is 6.97. The zero-order valence-corrected chi connectivity index (χ0v) is 44.8. The molecule has 80 heavy (non-hydrogen) atoms. The van der Waals surface area contributed by atoms with Gasteiger partial charge in [-0.3, -0.25) is 8.97 Å². The molecule has 0 aliphatic rings. The molecule has 0 N–H and O–H groups in total. The van der Waals surface area contributed by atoms with Gasteiger partial charge in [0.1, 0.15) is 0 Å². The number of aromatic nitrogens is 3. The Morgan fingerprint density at radius 2 is 0.750 bits per heavy atom. The first-order chi connectivity index (χ1) is 51.7. The second-order valence-corrected chi connectivity index (χ2v) is 28.7. The summed E-state index contributed by atoms with van der Waals surface area (Å²) >= 11 is 0. The van der Waals surface area contributed by atoms with Crippen molar-refractivity contribution in [1.82, 2.24) is 14.0 Å². The van der Waals surface area contributed by atoms with Gasteiger partial charge in [-0.2, -0.15) is 0 Å². The lowest BCUT2D eigenvalue weighted by Gasteiger charge is -2.44. The summed E-state index contributed by atoms with van der Waals surface area (Å²) in [5.41, 5.74) is 3.08. The van der Waals surface area contributed by atoms with E-state index in [4.69, 9.17) is 16.0 Å². The molecule has 0 saturated heterocycles. The molecule has 0 amide bonds. The molecule has 2 aromatic heterocycles. The standard InChI is InChI=1S/C73H55N3OSi3/c1-8-32-59(33-9-1)78(60-34-10-2-11-35-60,67-47-28-31-58(55-67)75-71-51-24-25-52-72(71)76-70-50-23-22-49-69(70)74-73(75)76)66-46-26-29-56(53-66)57-30-27-48-68(54-57)80(64-42-18-6-19-43-64,65-44-20-7-21-45-65)77-79(61-36-12-3-13-37-61,62-38-14-4-15-39-62)63-40-16-5-17-41-63/h1-55H/i3D,4D,5D,6D,7D,12D,13D,14D,15D,16D,17D,18D,19D,20D,21D,27D,30D,36D,37D,38D,39D,40D,41D,42D,43D,44D,45D,48D,54D. The molecule has 0 bridgehead atoms. The maximum Gasteiger partial charge on any atom is 0.278 e. The van der Waals surface area contributed by atoms with E-state index in [1.54, 1.807) is 12.1 Å². The number of imidazole rings is 2. The fourth-order valence-electron chi connectivity index (χ4n) is 10.8. The molecule has 4 nitrogen and oxygen atoms in total. The highest BCUT2D eigenvalue weighted by Gasteiger charge is 2.53. The van der Waals surface area contributed by atoms with Crippen LogP contribution in [0.25, 0.3) is 44.7 Å². The molecule has 0 fully saturated rings. The van der Waals surface area contributed by atoms with E-state index >= 15 is 0 Å². The van der Waals surface area contributed by atoms with Crippen LogP contribution in [0.5, 0.6) is 0 Å². The zero-order chi connectivity index (χ0) is 78.6. The van der Waals surface area contributed by atoms with Gasteiger partial charge in [0.05, 0.1) is 61.8 Å². The predicted octanol–water partition coefficient (Wildman–Crippen LogP) is 10.1. The fourth-order valence-corrected chi connectivity index (χ4v) is 24.4. The monoisotopic (exact) mass is 1100 g/mol. The molecule has 0 radical (unpaired) electrons. The number of hydrogen-bond acceptors (Lipinski definition) is 2. The van der Waals surface area contributed by atoms with Gasteiger partial charge in [0.2, 0.25) is 5.78 Å². The van der Waals surface area contributed by atoms with Crippen LogP contribution in [0.15, 0.2) is 333 Å². The van der Waals surface area contributed by atoms with Crippen molar-refractivity contribution in [3.63, 3.8) is 0 Å². The van der Waals surface area contributed by atoms with Crippen LogP contribution in [0.3, 0.4) is 0 Å². The largest absolute Gasteiger partial charge is 0.435 e. The van der Waals surface area contributed by atoms with Gasteiger partial charge in [0, 0.05) is 5.69 Å². The quantitative estimate of drug-likeness (QED) is 0.0803. The molecule has 7 heteroatoms. The normalized spacial score (nSPS) is 17.1. The average molecular weight is 1100 g/mol. The van der Waals surface area contributed by atoms with Crippen LogP contribution < -0.4 is 51.9 Å². The number of para-hydroxylation sites is 4. The van der Waals surface area contributed by atoms with Crippen LogP contribution in [0, 0.1) is 0 Å². The summed E-state index contributed by atoms with van der Waals surface area (Å²) < 4.78 is 293. The third kappa shape index (κ3) is 8.09. The second-order valence-electron chi connectivity index (χ2n) is 18.4. The van der Waals surface area contributed by atoms with Gasteiger partial charge in [0.25, 0.3) is 16.6 Å². The molecule has 0 aliphatic carbocycles. The summed E-state index contributed by atoms with van der Waals surface area (Å²) in [5.74, 6) is 0.588. The number of nitrogens with zero attached hydrogens (tertiary/aromatic N) is 3. The number of rotatable bonds is 14. The van der Waals surface area contributed by atoms with E-state index in [1.807, 2.05) is 144 Å². The molecule has 0 aliphatic heterocycles. The molecule has 0 atom stereocenters. The van der Waals surface area contributed by atoms with E-state index in [1.165, 1.54) is 6.07 Å². The highest BCUT2D eigenvalue weighted by molar-refractivity contribution is 7.20. The Balaban J connectivity index is 1.20. The minimum Gasteiger partial charge on any atom is -0.435 e. The first-order valence-corrected chi connectivity index (χ1v) is 30.9. The number of hydrogen-bond donors (Lipinski definition) is 0. The molecule has 0 spiro atoms. The Morgan fingerprint density at radius 3 is 1.29 bits per heavy atom. The third-order valence-corrected chi connectivity index (χ3v) is 27.1. The summed E-state index contributed by atoms with van der Waals surface area (Å²) in [5, 5.41) is -5.49. The fraction of sp³-hybridized carbons (Fsp3) is 0. The highest BCUT2D eigenvalue weighted by Crippen LogP contribution is 2.30. The maximum absolute atomic E-state index is 11.1. The minimum absolute atomic E-state index is 0.153. The van der Waals surface area contributed by atoms with Crippen LogP contribution in [0.1, 0.15) is 39.8 Å². The van der Waals surface area contributed by atoms with Gasteiger partial charge < -0.3 is 4.12 Å². The molecule has 14 aromatic rings. The average Bonchev–Trinajstić information content (AvgIpc) is 1.32. The molecule has 380 valence electrons. The van der Waals surface area contributed by atoms with E-state index in [2.05, 4.69) is 4.40 Å². The lowest BCUT2D eigenvalue weighted by molar-refractivity contribution is 0.600.